The van der Waals surface area contributed by atoms with Gasteiger partial charge in [0.05, 0.1) is 17.3 Å². The van der Waals surface area contributed by atoms with Gasteiger partial charge in [-0.25, -0.2) is 9.97 Å². The number of ketones is 1. The van der Waals surface area contributed by atoms with E-state index in [2.05, 4.69) is 25.5 Å². The van der Waals surface area contributed by atoms with Gasteiger partial charge in [0.15, 0.2) is 16.6 Å². The van der Waals surface area contributed by atoms with Crippen LogP contribution in [0.1, 0.15) is 15.9 Å². The standard InChI is InChI=1S/C20H16N6O2S/c21-18-15-10-22-26-19(15)25-20(24-18)29-11-16(27)23-14-8-6-13(7-9-14)17(28)12-4-2-1-3-5-12/h1-10H,11H2,(H,23,27)(H3,21,22,24,25,26). The van der Waals surface area contributed by atoms with E-state index >= 15 is 0 Å². The van der Waals surface area contributed by atoms with Gasteiger partial charge < -0.3 is 11.1 Å². The summed E-state index contributed by atoms with van der Waals surface area (Å²) in [6, 6.07) is 15.8. The van der Waals surface area contributed by atoms with Gasteiger partial charge in [-0.1, -0.05) is 42.1 Å². The summed E-state index contributed by atoms with van der Waals surface area (Å²) in [7, 11) is 0. The van der Waals surface area contributed by atoms with Crippen LogP contribution in [0.15, 0.2) is 66.0 Å². The van der Waals surface area contributed by atoms with Crippen LogP contribution in [0.25, 0.3) is 11.0 Å². The van der Waals surface area contributed by atoms with E-state index in [0.29, 0.717) is 38.8 Å². The fraction of sp³-hybridized carbons (Fsp3) is 0.0500. The monoisotopic (exact) mass is 404 g/mol. The highest BCUT2D eigenvalue weighted by molar-refractivity contribution is 7.99. The Morgan fingerprint density at radius 3 is 2.48 bits per heavy atom. The van der Waals surface area contributed by atoms with E-state index in [9.17, 15) is 9.59 Å². The first-order valence-electron chi connectivity index (χ1n) is 8.69. The SMILES string of the molecule is Nc1nc(SCC(=O)Nc2ccc(C(=O)c3ccccc3)cc2)nc2[nH]ncc12. The van der Waals surface area contributed by atoms with E-state index in [1.54, 1.807) is 42.6 Å². The number of fused-ring (bicyclic) bond motifs is 1. The number of aromatic amines is 1. The highest BCUT2D eigenvalue weighted by Crippen LogP contribution is 2.21. The van der Waals surface area contributed by atoms with Crippen LogP contribution in [-0.4, -0.2) is 37.6 Å². The average molecular weight is 404 g/mol. The minimum Gasteiger partial charge on any atom is -0.383 e. The van der Waals surface area contributed by atoms with Crippen LogP contribution in [0.2, 0.25) is 0 Å². The molecule has 4 N–H and O–H groups in total. The van der Waals surface area contributed by atoms with Crippen molar-refractivity contribution in [3.63, 3.8) is 0 Å². The maximum atomic E-state index is 12.4. The summed E-state index contributed by atoms with van der Waals surface area (Å²) in [6.45, 7) is 0. The van der Waals surface area contributed by atoms with Crippen LogP contribution in [-0.2, 0) is 4.79 Å². The van der Waals surface area contributed by atoms with Crippen molar-refractivity contribution in [2.24, 2.45) is 0 Å². The van der Waals surface area contributed by atoms with E-state index in [1.165, 1.54) is 11.8 Å². The van der Waals surface area contributed by atoms with Crippen LogP contribution < -0.4 is 11.1 Å². The number of aromatic nitrogens is 4. The van der Waals surface area contributed by atoms with E-state index in [1.807, 2.05) is 18.2 Å². The zero-order valence-electron chi connectivity index (χ0n) is 15.1. The molecule has 0 fully saturated rings. The van der Waals surface area contributed by atoms with Gasteiger partial charge >= 0.3 is 0 Å². The van der Waals surface area contributed by atoms with Crippen molar-refractivity contribution in [2.45, 2.75) is 5.16 Å². The van der Waals surface area contributed by atoms with E-state index in [0.717, 1.165) is 0 Å². The summed E-state index contributed by atoms with van der Waals surface area (Å²) in [4.78, 5) is 33.1. The minimum absolute atomic E-state index is 0.0667. The number of H-pyrrole nitrogens is 1. The van der Waals surface area contributed by atoms with Gasteiger partial charge in [-0.2, -0.15) is 5.10 Å². The zero-order valence-corrected chi connectivity index (χ0v) is 15.9. The van der Waals surface area contributed by atoms with Crippen molar-refractivity contribution in [2.75, 3.05) is 16.8 Å². The maximum Gasteiger partial charge on any atom is 0.234 e. The van der Waals surface area contributed by atoms with Gasteiger partial charge in [-0.05, 0) is 24.3 Å². The first-order chi connectivity index (χ1) is 14.1. The number of carbonyl (C=O) groups excluding carboxylic acids is 2. The van der Waals surface area contributed by atoms with Gasteiger partial charge in [0.1, 0.15) is 5.82 Å². The predicted molar refractivity (Wildman–Crippen MR) is 112 cm³/mol. The first kappa shape index (κ1) is 18.6. The molecule has 0 saturated heterocycles. The summed E-state index contributed by atoms with van der Waals surface area (Å²) < 4.78 is 0. The molecule has 0 radical (unpaired) electrons. The maximum absolute atomic E-state index is 12.4. The zero-order chi connectivity index (χ0) is 20.2. The Kier molecular flexibility index (Phi) is 5.21. The molecule has 4 aromatic rings. The summed E-state index contributed by atoms with van der Waals surface area (Å²) in [6.07, 6.45) is 1.55. The number of nitrogens with two attached hydrogens (primary N) is 1. The molecule has 4 rings (SSSR count). The molecule has 0 saturated carbocycles. The molecule has 0 unspecified atom stereocenters. The Labute approximate surface area is 169 Å². The third-order valence-corrected chi connectivity index (χ3v) is 4.97. The van der Waals surface area contributed by atoms with E-state index < -0.39 is 0 Å². The number of carbonyl (C=O) groups is 2. The molecule has 0 aliphatic heterocycles. The van der Waals surface area contributed by atoms with Crippen molar-refractivity contribution in [3.05, 3.63) is 71.9 Å². The van der Waals surface area contributed by atoms with Crippen molar-refractivity contribution in [3.8, 4) is 0 Å². The summed E-state index contributed by atoms with van der Waals surface area (Å²) in [5, 5.41) is 10.4. The average Bonchev–Trinajstić information content (AvgIpc) is 3.22. The highest BCUT2D eigenvalue weighted by Gasteiger charge is 2.11. The van der Waals surface area contributed by atoms with Crippen LogP contribution in [0.3, 0.4) is 0 Å². The second kappa shape index (κ2) is 8.11. The molecule has 0 bridgehead atoms. The third-order valence-electron chi connectivity index (χ3n) is 4.12. The lowest BCUT2D eigenvalue weighted by Gasteiger charge is -2.06. The quantitative estimate of drug-likeness (QED) is 0.256. The van der Waals surface area contributed by atoms with Crippen molar-refractivity contribution in [1.82, 2.24) is 20.2 Å². The second-order valence-electron chi connectivity index (χ2n) is 6.13. The number of hydrogen-bond acceptors (Lipinski definition) is 7. The summed E-state index contributed by atoms with van der Waals surface area (Å²) in [5.41, 5.74) is 8.16. The topological polar surface area (TPSA) is 127 Å². The molecule has 8 nitrogen and oxygen atoms in total. The molecule has 0 atom stereocenters. The molecule has 1 amide bonds. The Bertz CT molecular complexity index is 1170. The molecule has 2 heterocycles. The smallest absolute Gasteiger partial charge is 0.234 e. The Balaban J connectivity index is 1.36. The van der Waals surface area contributed by atoms with Crippen molar-refractivity contribution in [1.29, 1.82) is 0 Å². The molecular formula is C20H16N6O2S. The van der Waals surface area contributed by atoms with Crippen molar-refractivity contribution < 1.29 is 9.59 Å². The predicted octanol–water partition coefficient (Wildman–Crippen LogP) is 2.90. The molecule has 0 aliphatic carbocycles. The molecule has 0 aliphatic rings. The molecule has 9 heteroatoms. The van der Waals surface area contributed by atoms with Crippen LogP contribution in [0.5, 0.6) is 0 Å². The second-order valence-corrected chi connectivity index (χ2v) is 7.08. The number of hydrogen-bond donors (Lipinski definition) is 3. The molecule has 0 spiro atoms. The molecule has 2 aromatic heterocycles. The number of nitrogens with zero attached hydrogens (tertiary/aromatic N) is 3. The lowest BCUT2D eigenvalue weighted by atomic mass is 10.0. The number of nitrogens with one attached hydrogen (secondary N) is 2. The number of benzene rings is 2. The first-order valence-corrected chi connectivity index (χ1v) is 9.68. The summed E-state index contributed by atoms with van der Waals surface area (Å²) >= 11 is 1.17. The highest BCUT2D eigenvalue weighted by atomic mass is 32.2. The molecule has 29 heavy (non-hydrogen) atoms. The molecule has 2 aromatic carbocycles. The van der Waals surface area contributed by atoms with E-state index in [4.69, 9.17) is 5.73 Å². The van der Waals surface area contributed by atoms with Gasteiger partial charge in [0.2, 0.25) is 5.91 Å². The number of nitrogen functional groups attached to an aromatic ring is 1. The van der Waals surface area contributed by atoms with Crippen LogP contribution in [0.4, 0.5) is 11.5 Å². The van der Waals surface area contributed by atoms with Gasteiger partial charge in [0, 0.05) is 16.8 Å². The Morgan fingerprint density at radius 2 is 1.72 bits per heavy atom. The Morgan fingerprint density at radius 1 is 1.00 bits per heavy atom. The number of anilines is 2. The van der Waals surface area contributed by atoms with Gasteiger partial charge in [-0.15, -0.1) is 0 Å². The lowest BCUT2D eigenvalue weighted by molar-refractivity contribution is -0.113. The fourth-order valence-electron chi connectivity index (χ4n) is 2.69. The fourth-order valence-corrected chi connectivity index (χ4v) is 3.34. The Hall–Kier alpha value is -3.72. The largest absolute Gasteiger partial charge is 0.383 e. The van der Waals surface area contributed by atoms with Gasteiger partial charge in [-0.3, -0.25) is 14.7 Å². The summed E-state index contributed by atoms with van der Waals surface area (Å²) in [5.74, 6) is 0.140. The van der Waals surface area contributed by atoms with Crippen molar-refractivity contribution >= 4 is 46.0 Å². The third kappa shape index (κ3) is 4.25. The lowest BCUT2D eigenvalue weighted by Crippen LogP contribution is -2.14. The normalized spacial score (nSPS) is 10.8. The van der Waals surface area contributed by atoms with Crippen LogP contribution in [0, 0.1) is 0 Å². The number of rotatable bonds is 6. The number of amides is 1. The van der Waals surface area contributed by atoms with Crippen LogP contribution >= 0.6 is 11.8 Å². The number of thioether (sulfide) groups is 1. The molecule has 144 valence electrons. The van der Waals surface area contributed by atoms with E-state index in [-0.39, 0.29) is 17.4 Å². The van der Waals surface area contributed by atoms with Gasteiger partial charge in [0.25, 0.3) is 0 Å². The minimum atomic E-state index is -0.219. The molecular weight excluding hydrogens is 388 g/mol.